The minimum Gasteiger partial charge on any atom is -0.543 e. The van der Waals surface area contributed by atoms with Gasteiger partial charge < -0.3 is 14.8 Å². The van der Waals surface area contributed by atoms with E-state index >= 15 is 0 Å². The largest absolute Gasteiger partial charge is 0.543 e. The van der Waals surface area contributed by atoms with E-state index in [1.54, 1.807) is 13.0 Å². The number of hydrogen-bond donors (Lipinski definition) is 2. The molecular weight excluding hydrogens is 378 g/mol. The summed E-state index contributed by atoms with van der Waals surface area (Å²) in [6, 6.07) is 10.9. The molecule has 1 amide bonds. The van der Waals surface area contributed by atoms with E-state index in [0.29, 0.717) is 17.7 Å². The summed E-state index contributed by atoms with van der Waals surface area (Å²) in [6.45, 7) is 13.1. The number of nitrogens with one attached hydrogen (secondary N) is 1. The molecule has 0 heterocycles. The Morgan fingerprint density at radius 1 is 1.22 bits per heavy atom. The van der Waals surface area contributed by atoms with Crippen LogP contribution in [0.25, 0.3) is 0 Å². The first-order valence-corrected chi connectivity index (χ1v) is 12.2. The molecule has 0 saturated heterocycles. The lowest BCUT2D eigenvalue weighted by atomic mass is 10.1. The second-order valence-corrected chi connectivity index (χ2v) is 13.4. The van der Waals surface area contributed by atoms with Crippen molar-refractivity contribution in [3.63, 3.8) is 0 Å². The summed E-state index contributed by atoms with van der Waals surface area (Å²) in [5.41, 5.74) is 1.95. The smallest absolute Gasteiger partial charge is 0.251 e. The van der Waals surface area contributed by atoms with E-state index in [4.69, 9.17) is 16.0 Å². The van der Waals surface area contributed by atoms with Crippen molar-refractivity contribution in [1.29, 1.82) is 0 Å². The van der Waals surface area contributed by atoms with Crippen LogP contribution in [0.5, 0.6) is 11.5 Å². The highest BCUT2D eigenvalue weighted by atomic mass is 35.5. The van der Waals surface area contributed by atoms with E-state index < -0.39 is 8.32 Å². The Labute approximate surface area is 167 Å². The molecule has 0 unspecified atom stereocenters. The first-order chi connectivity index (χ1) is 12.4. The number of rotatable bonds is 5. The molecule has 0 fully saturated rings. The van der Waals surface area contributed by atoms with E-state index in [9.17, 15) is 9.90 Å². The summed E-state index contributed by atoms with van der Waals surface area (Å²) >= 11 is 5.96. The Kier molecular flexibility index (Phi) is 6.27. The molecule has 0 aliphatic carbocycles. The number of carbonyl (C=O) groups is 1. The molecule has 0 atom stereocenters. The molecule has 0 saturated carbocycles. The number of phenolic OH excluding ortho intramolecular Hbond substituents is 1. The molecule has 27 heavy (non-hydrogen) atoms. The van der Waals surface area contributed by atoms with Crippen molar-refractivity contribution in [1.82, 2.24) is 5.32 Å². The molecule has 0 radical (unpaired) electrons. The summed E-state index contributed by atoms with van der Waals surface area (Å²) in [6.07, 6.45) is 0. The van der Waals surface area contributed by atoms with Crippen LogP contribution >= 0.6 is 11.6 Å². The molecule has 2 N–H and O–H groups in total. The van der Waals surface area contributed by atoms with Gasteiger partial charge in [-0.3, -0.25) is 4.79 Å². The summed E-state index contributed by atoms with van der Waals surface area (Å²) in [4.78, 5) is 12.4. The Hall–Kier alpha value is -1.98. The minimum absolute atomic E-state index is 0.00342. The van der Waals surface area contributed by atoms with E-state index in [2.05, 4.69) is 39.2 Å². The third-order valence-electron chi connectivity index (χ3n) is 5.05. The molecule has 2 rings (SSSR count). The highest BCUT2D eigenvalue weighted by molar-refractivity contribution is 6.74. The van der Waals surface area contributed by atoms with Crippen molar-refractivity contribution in [2.24, 2.45) is 0 Å². The number of benzene rings is 2. The standard InChI is InChI=1S/C21H28ClNO3Si/c1-14-10-16(12-18(22)19(14)24)20(25)23-13-15-8-7-9-17(11-15)26-27(5,6)21(2,3)4/h7-12,24H,13H2,1-6H3,(H,23,25). The lowest BCUT2D eigenvalue weighted by Gasteiger charge is -2.36. The van der Waals surface area contributed by atoms with Gasteiger partial charge >= 0.3 is 0 Å². The molecule has 2 aromatic carbocycles. The van der Waals surface area contributed by atoms with E-state index in [0.717, 1.165) is 11.3 Å². The molecule has 2 aromatic rings. The van der Waals surface area contributed by atoms with Gasteiger partial charge in [0.2, 0.25) is 8.32 Å². The average molecular weight is 406 g/mol. The average Bonchev–Trinajstić information content (AvgIpc) is 2.56. The van der Waals surface area contributed by atoms with Crippen LogP contribution < -0.4 is 9.74 Å². The zero-order valence-corrected chi connectivity index (χ0v) is 18.6. The van der Waals surface area contributed by atoms with Crippen molar-refractivity contribution in [2.45, 2.75) is 52.4 Å². The SMILES string of the molecule is Cc1cc(C(=O)NCc2cccc(O[Si](C)(C)C(C)(C)C)c2)cc(Cl)c1O. The third-order valence-corrected chi connectivity index (χ3v) is 9.69. The molecule has 146 valence electrons. The summed E-state index contributed by atoms with van der Waals surface area (Å²) in [7, 11) is -1.91. The fourth-order valence-electron chi connectivity index (χ4n) is 2.32. The summed E-state index contributed by atoms with van der Waals surface area (Å²) < 4.78 is 6.32. The number of amides is 1. The Morgan fingerprint density at radius 2 is 1.89 bits per heavy atom. The Bertz CT molecular complexity index is 821. The predicted octanol–water partition coefficient (Wildman–Crippen LogP) is 5.67. The van der Waals surface area contributed by atoms with Gasteiger partial charge in [-0.1, -0.05) is 44.5 Å². The molecule has 0 spiro atoms. The molecule has 0 bridgehead atoms. The predicted molar refractivity (Wildman–Crippen MR) is 113 cm³/mol. The van der Waals surface area contributed by atoms with Crippen LogP contribution in [0.2, 0.25) is 23.2 Å². The van der Waals surface area contributed by atoms with Crippen molar-refractivity contribution in [3.8, 4) is 11.5 Å². The fraction of sp³-hybridized carbons (Fsp3) is 0.381. The van der Waals surface area contributed by atoms with Gasteiger partial charge in [0.05, 0.1) is 5.02 Å². The number of phenols is 1. The second kappa shape index (κ2) is 7.95. The normalized spacial score (nSPS) is 12.0. The quantitative estimate of drug-likeness (QED) is 0.630. The van der Waals surface area contributed by atoms with Crippen LogP contribution in [0.15, 0.2) is 36.4 Å². The summed E-state index contributed by atoms with van der Waals surface area (Å²) in [5, 5.41) is 12.9. The van der Waals surface area contributed by atoms with Gasteiger partial charge in [-0.15, -0.1) is 0 Å². The maximum absolute atomic E-state index is 12.4. The maximum atomic E-state index is 12.4. The Balaban J connectivity index is 2.08. The maximum Gasteiger partial charge on any atom is 0.251 e. The minimum atomic E-state index is -1.91. The lowest BCUT2D eigenvalue weighted by Crippen LogP contribution is -2.43. The van der Waals surface area contributed by atoms with Gasteiger partial charge in [0.1, 0.15) is 11.5 Å². The van der Waals surface area contributed by atoms with Crippen LogP contribution in [0, 0.1) is 6.92 Å². The van der Waals surface area contributed by atoms with Gasteiger partial charge in [0.25, 0.3) is 5.91 Å². The topological polar surface area (TPSA) is 58.6 Å². The van der Waals surface area contributed by atoms with Crippen molar-refractivity contribution < 1.29 is 14.3 Å². The number of aromatic hydroxyl groups is 1. The number of carbonyl (C=O) groups excluding carboxylic acids is 1. The van der Waals surface area contributed by atoms with Crippen LogP contribution in [0.3, 0.4) is 0 Å². The monoisotopic (exact) mass is 405 g/mol. The lowest BCUT2D eigenvalue weighted by molar-refractivity contribution is 0.0950. The van der Waals surface area contributed by atoms with Gasteiger partial charge in [-0.2, -0.15) is 0 Å². The Morgan fingerprint density at radius 3 is 2.48 bits per heavy atom. The first-order valence-electron chi connectivity index (χ1n) is 8.96. The van der Waals surface area contributed by atoms with E-state index in [1.165, 1.54) is 6.07 Å². The van der Waals surface area contributed by atoms with Crippen LogP contribution in [-0.2, 0) is 6.54 Å². The van der Waals surface area contributed by atoms with Gasteiger partial charge in [0.15, 0.2) is 0 Å². The van der Waals surface area contributed by atoms with Gasteiger partial charge in [-0.05, 0) is 60.4 Å². The molecular formula is C21H28ClNO3Si. The van der Waals surface area contributed by atoms with Gasteiger partial charge in [-0.25, -0.2) is 0 Å². The van der Waals surface area contributed by atoms with E-state index in [-0.39, 0.29) is 21.7 Å². The summed E-state index contributed by atoms with van der Waals surface area (Å²) in [5.74, 6) is 0.594. The highest BCUT2D eigenvalue weighted by Crippen LogP contribution is 2.37. The number of hydrogen-bond acceptors (Lipinski definition) is 3. The van der Waals surface area contributed by atoms with Gasteiger partial charge in [0, 0.05) is 12.1 Å². The molecule has 0 aliphatic rings. The molecule has 0 aromatic heterocycles. The highest BCUT2D eigenvalue weighted by Gasteiger charge is 2.38. The van der Waals surface area contributed by atoms with Crippen LogP contribution in [-0.4, -0.2) is 19.3 Å². The molecule has 4 nitrogen and oxygen atoms in total. The third kappa shape index (κ3) is 5.27. The van der Waals surface area contributed by atoms with Crippen molar-refractivity contribution in [3.05, 3.63) is 58.1 Å². The van der Waals surface area contributed by atoms with Crippen LogP contribution in [0.4, 0.5) is 0 Å². The molecule has 6 heteroatoms. The zero-order valence-electron chi connectivity index (χ0n) is 16.8. The first kappa shape index (κ1) is 21.3. The zero-order chi connectivity index (χ0) is 20.4. The van der Waals surface area contributed by atoms with Crippen LogP contribution in [0.1, 0.15) is 42.3 Å². The van der Waals surface area contributed by atoms with Crippen molar-refractivity contribution >= 4 is 25.8 Å². The molecule has 0 aliphatic heterocycles. The second-order valence-electron chi connectivity index (χ2n) is 8.32. The van der Waals surface area contributed by atoms with E-state index in [1.807, 2.05) is 24.3 Å². The fourth-order valence-corrected chi connectivity index (χ4v) is 3.61. The van der Waals surface area contributed by atoms with Crippen molar-refractivity contribution in [2.75, 3.05) is 0 Å². The number of halogens is 1. The number of aryl methyl sites for hydroxylation is 1.